The number of nitrogens with one attached hydrogen (secondary N) is 1. The first-order valence-corrected chi connectivity index (χ1v) is 7.43. The van der Waals surface area contributed by atoms with Gasteiger partial charge in [-0.15, -0.1) is 0 Å². The highest BCUT2D eigenvalue weighted by Crippen LogP contribution is 2.14. The second-order valence-electron chi connectivity index (χ2n) is 5.83. The number of methoxy groups -OCH3 is 1. The van der Waals surface area contributed by atoms with Crippen molar-refractivity contribution in [1.29, 1.82) is 0 Å². The van der Waals surface area contributed by atoms with E-state index in [1.165, 1.54) is 6.07 Å². The first kappa shape index (κ1) is 17.8. The molecule has 128 valence electrons. The number of carbonyl (C=O) groups is 1. The van der Waals surface area contributed by atoms with Crippen molar-refractivity contribution < 1.29 is 19.1 Å². The molecule has 0 aliphatic heterocycles. The molecule has 0 saturated carbocycles. The van der Waals surface area contributed by atoms with E-state index in [2.05, 4.69) is 22.3 Å². The van der Waals surface area contributed by atoms with Crippen LogP contribution in [0.1, 0.15) is 41.9 Å². The number of furan rings is 1. The van der Waals surface area contributed by atoms with Crippen LogP contribution in [0.2, 0.25) is 0 Å². The van der Waals surface area contributed by atoms with Gasteiger partial charge >= 0.3 is 0 Å². The zero-order valence-electron chi connectivity index (χ0n) is 14.2. The van der Waals surface area contributed by atoms with E-state index >= 15 is 0 Å². The van der Waals surface area contributed by atoms with Crippen LogP contribution >= 0.6 is 0 Å². The molecule has 0 spiro atoms. The molecule has 1 amide bonds. The average molecular weight is 331 g/mol. The maximum Gasteiger partial charge on any atom is 0.287 e. The molecule has 1 atom stereocenters. The molecule has 2 N–H and O–H groups in total. The highest BCUT2D eigenvalue weighted by molar-refractivity contribution is 5.91. The van der Waals surface area contributed by atoms with Gasteiger partial charge in [0.05, 0.1) is 18.3 Å². The van der Waals surface area contributed by atoms with E-state index in [0.29, 0.717) is 12.4 Å². The Bertz CT molecular complexity index is 759. The summed E-state index contributed by atoms with van der Waals surface area (Å²) in [4.78, 5) is 12.4. The molecule has 24 heavy (non-hydrogen) atoms. The van der Waals surface area contributed by atoms with Crippen LogP contribution in [0.5, 0.6) is 0 Å². The van der Waals surface area contributed by atoms with Gasteiger partial charge in [0.15, 0.2) is 11.5 Å². The Balaban J connectivity index is 2.12. The number of amides is 1. The van der Waals surface area contributed by atoms with Gasteiger partial charge in [0.2, 0.25) is 0 Å². The third kappa shape index (κ3) is 4.72. The van der Waals surface area contributed by atoms with E-state index in [9.17, 15) is 9.90 Å². The molecular formula is C17H21N3O4. The minimum absolute atomic E-state index is 0.137. The molecule has 0 aliphatic carbocycles. The van der Waals surface area contributed by atoms with Crippen LogP contribution in [0, 0.1) is 11.8 Å². The van der Waals surface area contributed by atoms with Crippen LogP contribution in [0.15, 0.2) is 28.8 Å². The summed E-state index contributed by atoms with van der Waals surface area (Å²) in [5.41, 5.74) is -0.308. The Hall–Kier alpha value is -2.56. The van der Waals surface area contributed by atoms with E-state index in [0.717, 1.165) is 5.69 Å². The van der Waals surface area contributed by atoms with Crippen molar-refractivity contribution in [2.75, 3.05) is 13.7 Å². The number of carbonyl (C=O) groups excluding carboxylic acids is 1. The Morgan fingerprint density at radius 1 is 1.50 bits per heavy atom. The van der Waals surface area contributed by atoms with Gasteiger partial charge in [-0.05, 0) is 38.0 Å². The maximum absolute atomic E-state index is 12.4. The molecule has 0 saturated heterocycles. The lowest BCUT2D eigenvalue weighted by Gasteiger charge is -2.17. The standard InChI is InChI=1S/C17H21N3O4/c1-17(2,22)9-7-12-5-6-15(24-12)16(21)19-13(11-23-4)14-8-10-18-20(14)3/h5-6,8,10,13,22H,11H2,1-4H3,(H,19,21)/t13-/m0/s1. The zero-order chi connectivity index (χ0) is 17.7. The van der Waals surface area contributed by atoms with Crippen LogP contribution < -0.4 is 5.32 Å². The molecule has 0 aliphatic rings. The van der Waals surface area contributed by atoms with E-state index < -0.39 is 5.60 Å². The van der Waals surface area contributed by atoms with Crippen molar-refractivity contribution in [3.8, 4) is 11.8 Å². The summed E-state index contributed by atoms with van der Waals surface area (Å²) in [5, 5.41) is 16.5. The molecule has 0 bridgehead atoms. The van der Waals surface area contributed by atoms with Gasteiger partial charge in [0, 0.05) is 20.4 Å². The molecule has 2 heterocycles. The smallest absolute Gasteiger partial charge is 0.287 e. The van der Waals surface area contributed by atoms with Crippen molar-refractivity contribution in [3.05, 3.63) is 41.6 Å². The largest absolute Gasteiger partial charge is 0.443 e. The van der Waals surface area contributed by atoms with Gasteiger partial charge in [0.1, 0.15) is 5.60 Å². The summed E-state index contributed by atoms with van der Waals surface area (Å²) in [5.74, 6) is 5.39. The van der Waals surface area contributed by atoms with Gasteiger partial charge in [-0.2, -0.15) is 5.10 Å². The van der Waals surface area contributed by atoms with E-state index in [-0.39, 0.29) is 17.7 Å². The van der Waals surface area contributed by atoms with Crippen molar-refractivity contribution in [1.82, 2.24) is 15.1 Å². The SMILES string of the molecule is COC[C@H](NC(=O)c1ccc(C#CC(C)(C)O)o1)c1ccnn1C. The summed E-state index contributed by atoms with van der Waals surface area (Å²) < 4.78 is 12.2. The summed E-state index contributed by atoms with van der Waals surface area (Å²) in [6, 6.07) is 4.58. The average Bonchev–Trinajstić information content (AvgIpc) is 3.12. The van der Waals surface area contributed by atoms with Crippen molar-refractivity contribution in [2.24, 2.45) is 7.05 Å². The lowest BCUT2D eigenvalue weighted by Crippen LogP contribution is -2.32. The third-order valence-electron chi connectivity index (χ3n) is 3.18. The number of nitrogens with zero attached hydrogens (tertiary/aromatic N) is 2. The number of hydrogen-bond acceptors (Lipinski definition) is 5. The fourth-order valence-electron chi connectivity index (χ4n) is 2.06. The third-order valence-corrected chi connectivity index (χ3v) is 3.18. The highest BCUT2D eigenvalue weighted by atomic mass is 16.5. The number of aliphatic hydroxyl groups is 1. The fourth-order valence-corrected chi connectivity index (χ4v) is 2.06. The first-order valence-electron chi connectivity index (χ1n) is 7.43. The molecule has 0 unspecified atom stereocenters. The minimum atomic E-state index is -1.13. The molecule has 7 heteroatoms. The fraction of sp³-hybridized carbons (Fsp3) is 0.412. The molecule has 2 aromatic heterocycles. The Kier molecular flexibility index (Phi) is 5.44. The lowest BCUT2D eigenvalue weighted by molar-refractivity contribution is 0.0864. The molecular weight excluding hydrogens is 310 g/mol. The Morgan fingerprint density at radius 3 is 2.83 bits per heavy atom. The summed E-state index contributed by atoms with van der Waals surface area (Å²) in [6.07, 6.45) is 1.65. The van der Waals surface area contributed by atoms with E-state index in [1.807, 2.05) is 6.07 Å². The van der Waals surface area contributed by atoms with Crippen LogP contribution in [-0.2, 0) is 11.8 Å². The molecule has 2 rings (SSSR count). The van der Waals surface area contributed by atoms with E-state index in [4.69, 9.17) is 9.15 Å². The molecule has 0 radical (unpaired) electrons. The van der Waals surface area contributed by atoms with Crippen LogP contribution in [0.4, 0.5) is 0 Å². The second kappa shape index (κ2) is 7.34. The summed E-state index contributed by atoms with van der Waals surface area (Å²) in [6.45, 7) is 3.44. The lowest BCUT2D eigenvalue weighted by atomic mass is 10.1. The maximum atomic E-state index is 12.4. The predicted molar refractivity (Wildman–Crippen MR) is 87.2 cm³/mol. The Morgan fingerprint density at radius 2 is 2.25 bits per heavy atom. The number of hydrogen-bond donors (Lipinski definition) is 2. The second-order valence-corrected chi connectivity index (χ2v) is 5.83. The number of ether oxygens (including phenoxy) is 1. The first-order chi connectivity index (χ1) is 11.3. The molecule has 7 nitrogen and oxygen atoms in total. The van der Waals surface area contributed by atoms with Crippen molar-refractivity contribution >= 4 is 5.91 Å². The van der Waals surface area contributed by atoms with Gasteiger partial charge in [-0.3, -0.25) is 9.48 Å². The van der Waals surface area contributed by atoms with E-state index in [1.54, 1.807) is 44.9 Å². The summed E-state index contributed by atoms with van der Waals surface area (Å²) in [7, 11) is 3.36. The number of aryl methyl sites for hydroxylation is 1. The van der Waals surface area contributed by atoms with Crippen molar-refractivity contribution in [2.45, 2.75) is 25.5 Å². The zero-order valence-corrected chi connectivity index (χ0v) is 14.2. The minimum Gasteiger partial charge on any atom is -0.443 e. The van der Waals surface area contributed by atoms with Gasteiger partial charge in [-0.1, -0.05) is 5.92 Å². The van der Waals surface area contributed by atoms with Crippen LogP contribution in [0.3, 0.4) is 0 Å². The number of rotatable bonds is 5. The highest BCUT2D eigenvalue weighted by Gasteiger charge is 2.20. The van der Waals surface area contributed by atoms with Gasteiger partial charge < -0.3 is 19.6 Å². The number of aromatic nitrogens is 2. The predicted octanol–water partition coefficient (Wildman–Crippen LogP) is 1.25. The Labute approximate surface area is 140 Å². The normalized spacial score (nSPS) is 12.4. The molecule has 0 fully saturated rings. The van der Waals surface area contributed by atoms with Gasteiger partial charge in [0.25, 0.3) is 5.91 Å². The molecule has 2 aromatic rings. The van der Waals surface area contributed by atoms with Gasteiger partial charge in [-0.25, -0.2) is 0 Å². The van der Waals surface area contributed by atoms with Crippen LogP contribution in [0.25, 0.3) is 0 Å². The summed E-state index contributed by atoms with van der Waals surface area (Å²) >= 11 is 0. The molecule has 0 aromatic carbocycles. The van der Waals surface area contributed by atoms with Crippen molar-refractivity contribution in [3.63, 3.8) is 0 Å². The quantitative estimate of drug-likeness (QED) is 0.805. The monoisotopic (exact) mass is 331 g/mol. The topological polar surface area (TPSA) is 89.5 Å². The van der Waals surface area contributed by atoms with Crippen LogP contribution in [-0.4, -0.2) is 40.1 Å².